The first kappa shape index (κ1) is 15.4. The van der Waals surface area contributed by atoms with Crippen molar-refractivity contribution in [3.05, 3.63) is 72.3 Å². The van der Waals surface area contributed by atoms with Crippen molar-refractivity contribution in [3.63, 3.8) is 0 Å². The molecule has 3 rings (SSSR count). The molecular weight excluding hydrogens is 298 g/mol. The van der Waals surface area contributed by atoms with E-state index in [-0.39, 0.29) is 11.9 Å². The summed E-state index contributed by atoms with van der Waals surface area (Å²) in [5, 5.41) is 0. The minimum Gasteiger partial charge on any atom is -0.228 e. The maximum atomic E-state index is 4.38. The molecular formula is C19H15N5. The third kappa shape index (κ3) is 3.64. The van der Waals surface area contributed by atoms with Crippen LogP contribution in [-0.4, -0.2) is 27.9 Å². The highest BCUT2D eigenvalue weighted by Crippen LogP contribution is 2.19. The van der Waals surface area contributed by atoms with Crippen LogP contribution in [0.4, 0.5) is 11.9 Å². The second kappa shape index (κ2) is 7.19. The normalized spacial score (nSPS) is 10.7. The zero-order chi connectivity index (χ0) is 16.8. The molecule has 5 nitrogen and oxygen atoms in total. The number of nitrogens with zero attached hydrogens (tertiary/aromatic N) is 5. The van der Waals surface area contributed by atoms with Gasteiger partial charge in [0.1, 0.15) is 0 Å². The van der Waals surface area contributed by atoms with Crippen LogP contribution in [0.15, 0.2) is 71.2 Å². The highest BCUT2D eigenvalue weighted by atomic mass is 15.2. The first-order valence-electron chi connectivity index (χ1n) is 7.33. The van der Waals surface area contributed by atoms with E-state index in [1.807, 2.05) is 54.6 Å². The Kier molecular flexibility index (Phi) is 4.62. The van der Waals surface area contributed by atoms with Crippen molar-refractivity contribution in [2.24, 2.45) is 9.98 Å². The van der Waals surface area contributed by atoms with Crippen LogP contribution < -0.4 is 0 Å². The molecule has 0 aliphatic rings. The molecule has 0 unspecified atom stereocenters. The average Bonchev–Trinajstić information content (AvgIpc) is 2.67. The summed E-state index contributed by atoms with van der Waals surface area (Å²) < 4.78 is 0. The van der Waals surface area contributed by atoms with Gasteiger partial charge in [0.05, 0.1) is 0 Å². The van der Waals surface area contributed by atoms with E-state index in [1.165, 1.54) is 0 Å². The van der Waals surface area contributed by atoms with Crippen molar-refractivity contribution in [2.45, 2.75) is 0 Å². The fourth-order valence-corrected chi connectivity index (χ4v) is 2.10. The topological polar surface area (TPSA) is 63.4 Å². The molecule has 1 heterocycles. The Labute approximate surface area is 140 Å². The summed E-state index contributed by atoms with van der Waals surface area (Å²) in [4.78, 5) is 21.0. The number of hydrogen-bond acceptors (Lipinski definition) is 5. The molecule has 5 heteroatoms. The third-order valence-electron chi connectivity index (χ3n) is 3.26. The fourth-order valence-electron chi connectivity index (χ4n) is 2.10. The molecule has 24 heavy (non-hydrogen) atoms. The van der Waals surface area contributed by atoms with Gasteiger partial charge in [0, 0.05) is 11.8 Å². The molecule has 116 valence electrons. The highest BCUT2D eigenvalue weighted by Gasteiger charge is 2.06. The Hall–Kier alpha value is -3.47. The molecule has 2 aromatic carbocycles. The monoisotopic (exact) mass is 313 g/mol. The first-order valence-corrected chi connectivity index (χ1v) is 7.33. The summed E-state index contributed by atoms with van der Waals surface area (Å²) in [6.45, 7) is 7.24. The Morgan fingerprint density at radius 2 is 1.58 bits per heavy atom. The lowest BCUT2D eigenvalue weighted by Crippen LogP contribution is -1.93. The smallest absolute Gasteiger partial charge is 0.228 e. The van der Waals surface area contributed by atoms with Gasteiger partial charge >= 0.3 is 0 Å². The van der Waals surface area contributed by atoms with Gasteiger partial charge in [0.2, 0.25) is 0 Å². The van der Waals surface area contributed by atoms with Crippen LogP contribution in [0.25, 0.3) is 17.5 Å². The summed E-state index contributed by atoms with van der Waals surface area (Å²) >= 11 is 0. The number of hydrogen-bond donors (Lipinski definition) is 0. The first-order chi connectivity index (χ1) is 11.8. The highest BCUT2D eigenvalue weighted by molar-refractivity contribution is 5.82. The van der Waals surface area contributed by atoms with E-state index >= 15 is 0 Å². The molecule has 0 amide bonds. The maximum Gasteiger partial charge on any atom is 0.254 e. The van der Waals surface area contributed by atoms with Crippen molar-refractivity contribution in [2.75, 3.05) is 0 Å². The van der Waals surface area contributed by atoms with E-state index in [0.29, 0.717) is 5.82 Å². The summed E-state index contributed by atoms with van der Waals surface area (Å²) in [6, 6.07) is 17.5. The molecule has 0 saturated heterocycles. The van der Waals surface area contributed by atoms with Crippen molar-refractivity contribution < 1.29 is 0 Å². The van der Waals surface area contributed by atoms with E-state index in [1.54, 1.807) is 12.3 Å². The van der Waals surface area contributed by atoms with Crippen LogP contribution in [0, 0.1) is 0 Å². The van der Waals surface area contributed by atoms with Gasteiger partial charge < -0.3 is 0 Å². The van der Waals surface area contributed by atoms with E-state index in [0.717, 1.165) is 16.7 Å². The minimum absolute atomic E-state index is 0.246. The number of aromatic nitrogens is 3. The van der Waals surface area contributed by atoms with Crippen LogP contribution in [-0.2, 0) is 0 Å². The quantitative estimate of drug-likeness (QED) is 0.661. The second-order valence-corrected chi connectivity index (χ2v) is 4.92. The molecule has 0 bridgehead atoms. The Balaban J connectivity index is 1.96. The summed E-state index contributed by atoms with van der Waals surface area (Å²) in [7, 11) is 0. The van der Waals surface area contributed by atoms with Gasteiger partial charge in [-0.3, -0.25) is 0 Å². The number of aliphatic imine (C=N–C) groups is 2. The minimum atomic E-state index is 0.246. The molecule has 1 aromatic heterocycles. The molecule has 0 spiro atoms. The van der Waals surface area contributed by atoms with Gasteiger partial charge in [-0.15, -0.1) is 0 Å². The second-order valence-electron chi connectivity index (χ2n) is 4.92. The fraction of sp³-hybridized carbons (Fsp3) is 0. The van der Waals surface area contributed by atoms with Gasteiger partial charge in [-0.2, -0.15) is 15.0 Å². The standard InChI is InChI=1S/C19H15N5/c1-3-14-8-7-9-15(12-14)13-21-19-23-17(22-18(20-2)24-19)16-10-5-4-6-11-16/h3-13H,1-2H2. The number of benzene rings is 2. The van der Waals surface area contributed by atoms with Gasteiger partial charge in [0.25, 0.3) is 11.9 Å². The zero-order valence-corrected chi connectivity index (χ0v) is 13.0. The predicted octanol–water partition coefficient (Wildman–Crippen LogP) is 4.26. The molecule has 0 saturated carbocycles. The lowest BCUT2D eigenvalue weighted by Gasteiger charge is -2.02. The van der Waals surface area contributed by atoms with Gasteiger partial charge in [-0.1, -0.05) is 61.2 Å². The van der Waals surface area contributed by atoms with Crippen LogP contribution in [0.3, 0.4) is 0 Å². The SMILES string of the molecule is C=Cc1cccc(C=Nc2nc(N=C)nc(-c3ccccc3)n2)c1. The lowest BCUT2D eigenvalue weighted by atomic mass is 10.1. The van der Waals surface area contributed by atoms with E-state index < -0.39 is 0 Å². The van der Waals surface area contributed by atoms with E-state index in [4.69, 9.17) is 0 Å². The molecule has 0 aliphatic carbocycles. The van der Waals surface area contributed by atoms with Crippen molar-refractivity contribution in [3.8, 4) is 11.4 Å². The Bertz CT molecular complexity index is 901. The summed E-state index contributed by atoms with van der Waals surface area (Å²) in [5.41, 5.74) is 2.82. The van der Waals surface area contributed by atoms with Crippen LogP contribution in [0.1, 0.15) is 11.1 Å². The third-order valence-corrected chi connectivity index (χ3v) is 3.26. The molecule has 0 radical (unpaired) electrons. The molecule has 3 aromatic rings. The molecule has 0 fully saturated rings. The molecule has 0 atom stereocenters. The van der Waals surface area contributed by atoms with Gasteiger partial charge in [0.15, 0.2) is 5.82 Å². The van der Waals surface area contributed by atoms with Crippen molar-refractivity contribution in [1.29, 1.82) is 0 Å². The van der Waals surface area contributed by atoms with E-state index in [2.05, 4.69) is 38.2 Å². The van der Waals surface area contributed by atoms with Crippen LogP contribution in [0.5, 0.6) is 0 Å². The van der Waals surface area contributed by atoms with Gasteiger partial charge in [-0.25, -0.2) is 9.98 Å². The van der Waals surface area contributed by atoms with Gasteiger partial charge in [-0.05, 0) is 23.9 Å². The predicted molar refractivity (Wildman–Crippen MR) is 98.3 cm³/mol. The van der Waals surface area contributed by atoms with Crippen molar-refractivity contribution in [1.82, 2.24) is 15.0 Å². The maximum absolute atomic E-state index is 4.38. The largest absolute Gasteiger partial charge is 0.254 e. The zero-order valence-electron chi connectivity index (χ0n) is 13.0. The van der Waals surface area contributed by atoms with Crippen LogP contribution in [0.2, 0.25) is 0 Å². The Morgan fingerprint density at radius 1 is 0.833 bits per heavy atom. The van der Waals surface area contributed by atoms with E-state index in [9.17, 15) is 0 Å². The van der Waals surface area contributed by atoms with Crippen molar-refractivity contribution >= 4 is 30.9 Å². The molecule has 0 aliphatic heterocycles. The lowest BCUT2D eigenvalue weighted by molar-refractivity contribution is 1.04. The summed E-state index contributed by atoms with van der Waals surface area (Å²) in [5.74, 6) is 1.05. The molecule has 0 N–H and O–H groups in total. The Morgan fingerprint density at radius 3 is 2.33 bits per heavy atom. The number of rotatable bonds is 5. The average molecular weight is 313 g/mol. The van der Waals surface area contributed by atoms with Crippen LogP contribution >= 0.6 is 0 Å². The summed E-state index contributed by atoms with van der Waals surface area (Å²) in [6.07, 6.45) is 3.48.